The van der Waals surface area contributed by atoms with Crippen molar-refractivity contribution in [2.45, 2.75) is 36.6 Å². The number of piperidine rings is 1. The van der Waals surface area contributed by atoms with Crippen LogP contribution < -0.4 is 0 Å². The molecule has 0 amide bonds. The molecule has 1 aliphatic heterocycles. The van der Waals surface area contributed by atoms with Gasteiger partial charge in [0.1, 0.15) is 4.87 Å². The molecule has 1 aliphatic carbocycles. The van der Waals surface area contributed by atoms with E-state index in [0.717, 1.165) is 19.1 Å². The largest absolute Gasteiger partial charge is 0.480 e. The molecule has 2 fully saturated rings. The second-order valence-corrected chi connectivity index (χ2v) is 4.76. The molecule has 0 aromatic rings. The summed E-state index contributed by atoms with van der Waals surface area (Å²) in [6.45, 7) is 1.70. The van der Waals surface area contributed by atoms with Crippen molar-refractivity contribution >= 4 is 17.6 Å². The van der Waals surface area contributed by atoms with E-state index < -0.39 is 10.8 Å². The summed E-state index contributed by atoms with van der Waals surface area (Å²) in [6, 6.07) is 0.731. The van der Waals surface area contributed by atoms with Crippen LogP contribution >= 0.6 is 11.6 Å². The Morgan fingerprint density at radius 1 is 1.38 bits per heavy atom. The standard InChI is InChI=1S/C9H14ClNO2/c10-9(8(12)13)3-5-11(6-4-9)7-1-2-7/h7H,1-6H2,(H,12,13). The van der Waals surface area contributed by atoms with Gasteiger partial charge in [0.05, 0.1) is 0 Å². The third-order valence-electron chi connectivity index (χ3n) is 3.04. The van der Waals surface area contributed by atoms with Crippen LogP contribution in [-0.2, 0) is 4.79 Å². The van der Waals surface area contributed by atoms with Gasteiger partial charge < -0.3 is 10.0 Å². The minimum absolute atomic E-state index is 0.584. The molecule has 4 heteroatoms. The number of hydrogen-bond donors (Lipinski definition) is 1. The van der Waals surface area contributed by atoms with Crippen LogP contribution in [0.15, 0.2) is 0 Å². The van der Waals surface area contributed by atoms with E-state index in [4.69, 9.17) is 16.7 Å². The highest BCUT2D eigenvalue weighted by Crippen LogP contribution is 2.35. The summed E-state index contributed by atoms with van der Waals surface area (Å²) in [5, 5.41) is 8.89. The number of carboxylic acid groups (broad SMARTS) is 1. The lowest BCUT2D eigenvalue weighted by molar-refractivity contribution is -0.141. The van der Waals surface area contributed by atoms with Crippen molar-refractivity contribution < 1.29 is 9.90 Å². The van der Waals surface area contributed by atoms with Gasteiger partial charge in [-0.2, -0.15) is 0 Å². The molecule has 74 valence electrons. The quantitative estimate of drug-likeness (QED) is 0.688. The summed E-state index contributed by atoms with van der Waals surface area (Å²) in [7, 11) is 0. The molecule has 0 radical (unpaired) electrons. The number of aliphatic carboxylic acids is 1. The van der Waals surface area contributed by atoms with Gasteiger partial charge in [0, 0.05) is 19.1 Å². The van der Waals surface area contributed by atoms with Gasteiger partial charge in [-0.25, -0.2) is 0 Å². The summed E-state index contributed by atoms with van der Waals surface area (Å²) in [5.41, 5.74) is 0. The molecule has 1 heterocycles. The van der Waals surface area contributed by atoms with Crippen molar-refractivity contribution in [3.63, 3.8) is 0 Å². The Hall–Kier alpha value is -0.280. The Bertz CT molecular complexity index is 220. The third-order valence-corrected chi connectivity index (χ3v) is 3.58. The molecular weight excluding hydrogens is 190 g/mol. The molecule has 1 saturated carbocycles. The number of carbonyl (C=O) groups is 1. The molecule has 1 N–H and O–H groups in total. The lowest BCUT2D eigenvalue weighted by atomic mass is 9.96. The first-order chi connectivity index (χ1) is 6.12. The molecule has 13 heavy (non-hydrogen) atoms. The summed E-state index contributed by atoms with van der Waals surface area (Å²) in [5.74, 6) is -0.857. The summed E-state index contributed by atoms with van der Waals surface area (Å²) >= 11 is 5.97. The highest BCUT2D eigenvalue weighted by molar-refractivity contribution is 6.33. The van der Waals surface area contributed by atoms with Gasteiger partial charge in [-0.3, -0.25) is 4.79 Å². The molecular formula is C9H14ClNO2. The van der Waals surface area contributed by atoms with Crippen molar-refractivity contribution in [3.8, 4) is 0 Å². The Labute approximate surface area is 82.7 Å². The maximum atomic E-state index is 10.8. The minimum Gasteiger partial charge on any atom is -0.480 e. The molecule has 0 atom stereocenters. The van der Waals surface area contributed by atoms with Crippen LogP contribution in [0.3, 0.4) is 0 Å². The molecule has 0 bridgehead atoms. The Kier molecular flexibility index (Phi) is 2.24. The Morgan fingerprint density at radius 3 is 2.31 bits per heavy atom. The normalized spacial score (nSPS) is 28.7. The number of alkyl halides is 1. The van der Waals surface area contributed by atoms with Gasteiger partial charge in [0.2, 0.25) is 0 Å². The maximum Gasteiger partial charge on any atom is 0.324 e. The molecule has 1 saturated heterocycles. The van der Waals surface area contributed by atoms with Gasteiger partial charge in [-0.05, 0) is 25.7 Å². The zero-order chi connectivity index (χ0) is 9.47. The predicted molar refractivity (Wildman–Crippen MR) is 50.0 cm³/mol. The second-order valence-electron chi connectivity index (χ2n) is 4.04. The fraction of sp³-hybridized carbons (Fsp3) is 0.889. The number of carboxylic acids is 1. The second kappa shape index (κ2) is 3.14. The predicted octanol–water partition coefficient (Wildman–Crippen LogP) is 1.31. The smallest absolute Gasteiger partial charge is 0.324 e. The summed E-state index contributed by atoms with van der Waals surface area (Å²) in [4.78, 5) is 12.2. The van der Waals surface area contributed by atoms with E-state index in [9.17, 15) is 4.79 Å². The minimum atomic E-state index is -0.981. The van der Waals surface area contributed by atoms with Crippen molar-refractivity contribution in [3.05, 3.63) is 0 Å². The summed E-state index contributed by atoms with van der Waals surface area (Å²) in [6.07, 6.45) is 3.73. The highest BCUT2D eigenvalue weighted by atomic mass is 35.5. The Balaban J connectivity index is 1.90. The van der Waals surface area contributed by atoms with Gasteiger partial charge in [-0.15, -0.1) is 11.6 Å². The van der Waals surface area contributed by atoms with Crippen LogP contribution in [0.4, 0.5) is 0 Å². The van der Waals surface area contributed by atoms with Crippen LogP contribution in [-0.4, -0.2) is 40.0 Å². The van der Waals surface area contributed by atoms with Crippen LogP contribution in [0, 0.1) is 0 Å². The van der Waals surface area contributed by atoms with Gasteiger partial charge in [0.15, 0.2) is 0 Å². The van der Waals surface area contributed by atoms with E-state index in [1.54, 1.807) is 0 Å². The van der Waals surface area contributed by atoms with Gasteiger partial charge in [-0.1, -0.05) is 0 Å². The monoisotopic (exact) mass is 203 g/mol. The van der Waals surface area contributed by atoms with Crippen LogP contribution in [0.1, 0.15) is 25.7 Å². The van der Waals surface area contributed by atoms with Crippen molar-refractivity contribution in [2.75, 3.05) is 13.1 Å². The molecule has 0 aromatic heterocycles. The summed E-state index contributed by atoms with van der Waals surface area (Å²) < 4.78 is 0. The molecule has 0 unspecified atom stereocenters. The molecule has 2 rings (SSSR count). The lowest BCUT2D eigenvalue weighted by Crippen LogP contribution is -2.46. The fourth-order valence-electron chi connectivity index (χ4n) is 1.90. The number of hydrogen-bond acceptors (Lipinski definition) is 2. The first kappa shape index (κ1) is 9.28. The topological polar surface area (TPSA) is 40.5 Å². The number of halogens is 1. The van der Waals surface area contributed by atoms with Crippen molar-refractivity contribution in [1.29, 1.82) is 0 Å². The first-order valence-corrected chi connectivity index (χ1v) is 5.16. The third kappa shape index (κ3) is 1.81. The zero-order valence-electron chi connectivity index (χ0n) is 7.50. The first-order valence-electron chi connectivity index (χ1n) is 4.78. The van der Waals surface area contributed by atoms with E-state index in [1.165, 1.54) is 12.8 Å². The van der Waals surface area contributed by atoms with E-state index in [0.29, 0.717) is 12.8 Å². The van der Waals surface area contributed by atoms with Gasteiger partial charge >= 0.3 is 5.97 Å². The average Bonchev–Trinajstić information content (AvgIpc) is 2.88. The average molecular weight is 204 g/mol. The lowest BCUT2D eigenvalue weighted by Gasteiger charge is -2.34. The molecule has 2 aliphatic rings. The molecule has 0 aromatic carbocycles. The maximum absolute atomic E-state index is 10.8. The van der Waals surface area contributed by atoms with E-state index in [2.05, 4.69) is 4.90 Å². The highest BCUT2D eigenvalue weighted by Gasteiger charge is 2.42. The van der Waals surface area contributed by atoms with Crippen LogP contribution in [0.2, 0.25) is 0 Å². The number of nitrogens with zero attached hydrogens (tertiary/aromatic N) is 1. The van der Waals surface area contributed by atoms with Crippen LogP contribution in [0.25, 0.3) is 0 Å². The van der Waals surface area contributed by atoms with Gasteiger partial charge in [0.25, 0.3) is 0 Å². The van der Waals surface area contributed by atoms with Crippen molar-refractivity contribution in [2.24, 2.45) is 0 Å². The fourth-order valence-corrected chi connectivity index (χ4v) is 2.07. The Morgan fingerprint density at radius 2 is 1.92 bits per heavy atom. The molecule has 3 nitrogen and oxygen atoms in total. The number of rotatable bonds is 2. The SMILES string of the molecule is O=C(O)C1(Cl)CCN(C2CC2)CC1. The molecule has 0 spiro atoms. The number of likely N-dealkylation sites (tertiary alicyclic amines) is 1. The zero-order valence-corrected chi connectivity index (χ0v) is 8.26. The van der Waals surface area contributed by atoms with E-state index in [-0.39, 0.29) is 0 Å². The van der Waals surface area contributed by atoms with Crippen molar-refractivity contribution in [1.82, 2.24) is 4.90 Å². The van der Waals surface area contributed by atoms with E-state index >= 15 is 0 Å². The van der Waals surface area contributed by atoms with E-state index in [1.807, 2.05) is 0 Å². The van der Waals surface area contributed by atoms with Crippen LogP contribution in [0.5, 0.6) is 0 Å².